The highest BCUT2D eigenvalue weighted by Crippen LogP contribution is 2.20. The summed E-state index contributed by atoms with van der Waals surface area (Å²) >= 11 is 0. The van der Waals surface area contributed by atoms with Gasteiger partial charge in [0.05, 0.1) is 0 Å². The SMILES string of the molecule is Cc1cc(OCc2ccccc2)cc(C(C)C)n1. The van der Waals surface area contributed by atoms with E-state index in [1.54, 1.807) is 0 Å². The van der Waals surface area contributed by atoms with Gasteiger partial charge in [-0.3, -0.25) is 4.98 Å². The van der Waals surface area contributed by atoms with Gasteiger partial charge >= 0.3 is 0 Å². The molecule has 18 heavy (non-hydrogen) atoms. The summed E-state index contributed by atoms with van der Waals surface area (Å²) in [5, 5.41) is 0. The molecule has 0 aliphatic carbocycles. The third-order valence-electron chi connectivity index (χ3n) is 2.79. The van der Waals surface area contributed by atoms with E-state index in [4.69, 9.17) is 4.74 Å². The van der Waals surface area contributed by atoms with Crippen LogP contribution in [0.5, 0.6) is 5.75 Å². The second-order valence-corrected chi connectivity index (χ2v) is 4.80. The molecular formula is C16H19NO. The molecule has 2 nitrogen and oxygen atoms in total. The van der Waals surface area contributed by atoms with E-state index in [0.29, 0.717) is 12.5 Å². The highest BCUT2D eigenvalue weighted by atomic mass is 16.5. The van der Waals surface area contributed by atoms with Crippen LogP contribution < -0.4 is 4.74 Å². The molecule has 0 unspecified atom stereocenters. The summed E-state index contributed by atoms with van der Waals surface area (Å²) in [4.78, 5) is 4.51. The van der Waals surface area contributed by atoms with Crippen molar-refractivity contribution in [1.29, 1.82) is 0 Å². The first kappa shape index (κ1) is 12.6. The summed E-state index contributed by atoms with van der Waals surface area (Å²) in [5.74, 6) is 1.32. The Balaban J connectivity index is 2.10. The highest BCUT2D eigenvalue weighted by molar-refractivity contribution is 5.28. The van der Waals surface area contributed by atoms with Crippen LogP contribution >= 0.6 is 0 Å². The Hall–Kier alpha value is -1.83. The second-order valence-electron chi connectivity index (χ2n) is 4.80. The standard InChI is InChI=1S/C16H19NO/c1-12(2)16-10-15(9-13(3)17-16)18-11-14-7-5-4-6-8-14/h4-10,12H,11H2,1-3H3. The molecule has 0 N–H and O–H groups in total. The van der Waals surface area contributed by atoms with Crippen molar-refractivity contribution in [1.82, 2.24) is 4.98 Å². The summed E-state index contributed by atoms with van der Waals surface area (Å²) < 4.78 is 5.82. The first-order chi connectivity index (χ1) is 8.65. The Morgan fingerprint density at radius 3 is 2.50 bits per heavy atom. The zero-order valence-electron chi connectivity index (χ0n) is 11.2. The van der Waals surface area contributed by atoms with Crippen LogP contribution in [0.25, 0.3) is 0 Å². The van der Waals surface area contributed by atoms with Gasteiger partial charge in [0.15, 0.2) is 0 Å². The minimum absolute atomic E-state index is 0.420. The fourth-order valence-corrected chi connectivity index (χ4v) is 1.78. The fraction of sp³-hybridized carbons (Fsp3) is 0.312. The lowest BCUT2D eigenvalue weighted by Crippen LogP contribution is -1.99. The van der Waals surface area contributed by atoms with Gasteiger partial charge in [0.1, 0.15) is 12.4 Å². The molecule has 1 aromatic heterocycles. The Labute approximate surface area is 109 Å². The van der Waals surface area contributed by atoms with E-state index >= 15 is 0 Å². The summed E-state index contributed by atoms with van der Waals surface area (Å²) in [6, 6.07) is 14.2. The van der Waals surface area contributed by atoms with Crippen LogP contribution in [0.2, 0.25) is 0 Å². The number of ether oxygens (including phenoxy) is 1. The molecule has 0 bridgehead atoms. The number of pyridine rings is 1. The lowest BCUT2D eigenvalue weighted by atomic mass is 10.1. The number of aromatic nitrogens is 1. The maximum absolute atomic E-state index is 5.82. The van der Waals surface area contributed by atoms with Crippen LogP contribution in [0.4, 0.5) is 0 Å². The first-order valence-corrected chi connectivity index (χ1v) is 6.30. The normalized spacial score (nSPS) is 10.7. The van der Waals surface area contributed by atoms with Crippen LogP contribution in [0.15, 0.2) is 42.5 Å². The van der Waals surface area contributed by atoms with E-state index in [1.165, 1.54) is 5.56 Å². The Morgan fingerprint density at radius 1 is 1.11 bits per heavy atom. The van der Waals surface area contributed by atoms with E-state index in [1.807, 2.05) is 37.3 Å². The maximum atomic E-state index is 5.82. The van der Waals surface area contributed by atoms with E-state index < -0.39 is 0 Å². The molecular weight excluding hydrogens is 222 g/mol. The van der Waals surface area contributed by atoms with Gasteiger partial charge in [0.2, 0.25) is 0 Å². The molecule has 0 saturated carbocycles. The largest absolute Gasteiger partial charge is 0.489 e. The molecule has 1 heterocycles. The average molecular weight is 241 g/mol. The zero-order chi connectivity index (χ0) is 13.0. The topological polar surface area (TPSA) is 22.1 Å². The molecule has 0 fully saturated rings. The van der Waals surface area contributed by atoms with Crippen LogP contribution in [0.3, 0.4) is 0 Å². The predicted molar refractivity (Wildman–Crippen MR) is 73.8 cm³/mol. The van der Waals surface area contributed by atoms with Gasteiger partial charge in [-0.05, 0) is 18.4 Å². The van der Waals surface area contributed by atoms with E-state index in [9.17, 15) is 0 Å². The van der Waals surface area contributed by atoms with Crippen LogP contribution in [-0.2, 0) is 6.61 Å². The molecule has 2 aromatic rings. The molecule has 0 spiro atoms. The molecule has 0 radical (unpaired) electrons. The molecule has 0 aliphatic rings. The quantitative estimate of drug-likeness (QED) is 0.804. The van der Waals surface area contributed by atoms with Crippen molar-refractivity contribution in [2.45, 2.75) is 33.3 Å². The van der Waals surface area contributed by atoms with Gasteiger partial charge in [-0.25, -0.2) is 0 Å². The first-order valence-electron chi connectivity index (χ1n) is 6.30. The maximum Gasteiger partial charge on any atom is 0.123 e. The highest BCUT2D eigenvalue weighted by Gasteiger charge is 2.05. The van der Waals surface area contributed by atoms with Crippen LogP contribution in [0, 0.1) is 6.92 Å². The van der Waals surface area contributed by atoms with Crippen molar-refractivity contribution < 1.29 is 4.74 Å². The predicted octanol–water partition coefficient (Wildman–Crippen LogP) is 4.09. The molecule has 2 rings (SSSR count). The third-order valence-corrected chi connectivity index (χ3v) is 2.79. The van der Waals surface area contributed by atoms with Crippen molar-refractivity contribution in [3.63, 3.8) is 0 Å². The van der Waals surface area contributed by atoms with Crippen molar-refractivity contribution >= 4 is 0 Å². The molecule has 2 heteroatoms. The van der Waals surface area contributed by atoms with Crippen molar-refractivity contribution in [2.75, 3.05) is 0 Å². The second kappa shape index (κ2) is 5.67. The Kier molecular flexibility index (Phi) is 3.98. The van der Waals surface area contributed by atoms with E-state index in [2.05, 4.69) is 31.0 Å². The Morgan fingerprint density at radius 2 is 1.83 bits per heavy atom. The third kappa shape index (κ3) is 3.33. The van der Waals surface area contributed by atoms with Crippen molar-refractivity contribution in [3.8, 4) is 5.75 Å². The number of hydrogen-bond acceptors (Lipinski definition) is 2. The summed E-state index contributed by atoms with van der Waals surface area (Å²) in [6.45, 7) is 6.88. The molecule has 0 aliphatic heterocycles. The number of nitrogens with zero attached hydrogens (tertiary/aromatic N) is 1. The minimum Gasteiger partial charge on any atom is -0.489 e. The van der Waals surface area contributed by atoms with Gasteiger partial charge < -0.3 is 4.74 Å². The number of aryl methyl sites for hydroxylation is 1. The zero-order valence-corrected chi connectivity index (χ0v) is 11.2. The summed E-state index contributed by atoms with van der Waals surface area (Å²) in [5.41, 5.74) is 3.26. The lowest BCUT2D eigenvalue weighted by molar-refractivity contribution is 0.305. The Bertz CT molecular complexity index is 506. The number of benzene rings is 1. The van der Waals surface area contributed by atoms with Crippen molar-refractivity contribution in [3.05, 3.63) is 59.4 Å². The van der Waals surface area contributed by atoms with Gasteiger partial charge in [0, 0.05) is 23.5 Å². The fourth-order valence-electron chi connectivity index (χ4n) is 1.78. The summed E-state index contributed by atoms with van der Waals surface area (Å²) in [7, 11) is 0. The smallest absolute Gasteiger partial charge is 0.123 e. The molecule has 0 saturated heterocycles. The van der Waals surface area contributed by atoms with Gasteiger partial charge in [-0.2, -0.15) is 0 Å². The van der Waals surface area contributed by atoms with Crippen LogP contribution in [-0.4, -0.2) is 4.98 Å². The van der Waals surface area contributed by atoms with E-state index in [-0.39, 0.29) is 0 Å². The molecule has 0 atom stereocenters. The van der Waals surface area contributed by atoms with E-state index in [0.717, 1.165) is 17.1 Å². The molecule has 1 aromatic carbocycles. The number of rotatable bonds is 4. The minimum atomic E-state index is 0.420. The lowest BCUT2D eigenvalue weighted by Gasteiger charge is -2.11. The molecule has 94 valence electrons. The summed E-state index contributed by atoms with van der Waals surface area (Å²) in [6.07, 6.45) is 0. The molecule has 0 amide bonds. The van der Waals surface area contributed by atoms with Crippen LogP contribution in [0.1, 0.15) is 36.7 Å². The van der Waals surface area contributed by atoms with Gasteiger partial charge in [-0.1, -0.05) is 44.2 Å². The van der Waals surface area contributed by atoms with Gasteiger partial charge in [0.25, 0.3) is 0 Å². The monoisotopic (exact) mass is 241 g/mol. The average Bonchev–Trinajstić information content (AvgIpc) is 2.37. The number of hydrogen-bond donors (Lipinski definition) is 0. The van der Waals surface area contributed by atoms with Crippen molar-refractivity contribution in [2.24, 2.45) is 0 Å². The van der Waals surface area contributed by atoms with Gasteiger partial charge in [-0.15, -0.1) is 0 Å².